The molecule has 1 aromatic heterocycles. The molecule has 0 spiro atoms. The molecule has 1 amide bonds. The zero-order chi connectivity index (χ0) is 21.5. The number of rotatable bonds is 4. The molecule has 2 aromatic rings. The number of amides is 1. The molecule has 1 N–H and O–H groups in total. The lowest BCUT2D eigenvalue weighted by molar-refractivity contribution is -0.131. The van der Waals surface area contributed by atoms with E-state index in [0.29, 0.717) is 42.9 Å². The first-order valence-electron chi connectivity index (χ1n) is 9.47. The van der Waals surface area contributed by atoms with Gasteiger partial charge in [0.2, 0.25) is 11.8 Å². The molecule has 2 aliphatic rings. The number of halogens is 1. The molecule has 0 bridgehead atoms. The molecule has 0 unspecified atom stereocenters. The first-order valence-corrected chi connectivity index (χ1v) is 9.85. The SMILES string of the molecule is Cc1noc(CN2CCN(CC3=Cc4cc(Cl)ccc4OC3)CCC2=O)n1.O=CO. The fourth-order valence-electron chi connectivity index (χ4n) is 3.38. The van der Waals surface area contributed by atoms with E-state index in [1.807, 2.05) is 18.2 Å². The largest absolute Gasteiger partial charge is 0.489 e. The summed E-state index contributed by atoms with van der Waals surface area (Å²) in [5, 5.41) is 11.4. The molecule has 2 aliphatic heterocycles. The van der Waals surface area contributed by atoms with E-state index in [-0.39, 0.29) is 12.4 Å². The zero-order valence-electron chi connectivity index (χ0n) is 16.6. The molecule has 160 valence electrons. The molecule has 0 aliphatic carbocycles. The molecule has 1 saturated heterocycles. The van der Waals surface area contributed by atoms with Crippen molar-refractivity contribution in [3.8, 4) is 5.75 Å². The van der Waals surface area contributed by atoms with Crippen LogP contribution in [0.5, 0.6) is 5.75 Å². The Bertz CT molecular complexity index is 930. The first kappa shape index (κ1) is 21.8. The summed E-state index contributed by atoms with van der Waals surface area (Å²) in [7, 11) is 0. The van der Waals surface area contributed by atoms with Gasteiger partial charge in [-0.05, 0) is 36.8 Å². The van der Waals surface area contributed by atoms with E-state index in [4.69, 9.17) is 30.8 Å². The van der Waals surface area contributed by atoms with Crippen molar-refractivity contribution in [1.82, 2.24) is 19.9 Å². The topological polar surface area (TPSA) is 109 Å². The average molecular weight is 435 g/mol. The van der Waals surface area contributed by atoms with Gasteiger partial charge in [0, 0.05) is 43.2 Å². The molecule has 4 rings (SSSR count). The van der Waals surface area contributed by atoms with Gasteiger partial charge in [0.1, 0.15) is 18.9 Å². The minimum atomic E-state index is -0.250. The van der Waals surface area contributed by atoms with Crippen LogP contribution in [0.1, 0.15) is 23.7 Å². The minimum absolute atomic E-state index is 0.111. The summed E-state index contributed by atoms with van der Waals surface area (Å²) in [5.74, 6) is 2.03. The van der Waals surface area contributed by atoms with Crippen LogP contribution in [-0.2, 0) is 16.1 Å². The highest BCUT2D eigenvalue weighted by molar-refractivity contribution is 6.30. The van der Waals surface area contributed by atoms with Crippen LogP contribution in [0.3, 0.4) is 0 Å². The standard InChI is InChI=1S/C19H21ClN4O3.CH2O2/c1-13-21-18(27-22-13)11-24-7-6-23(5-4-19(24)25)10-14-8-15-9-16(20)2-3-17(15)26-12-14;2-1-3/h2-3,8-9H,4-7,10-12H2,1H3;1H,(H,2,3). The van der Waals surface area contributed by atoms with E-state index >= 15 is 0 Å². The molecule has 9 nitrogen and oxygen atoms in total. The zero-order valence-corrected chi connectivity index (χ0v) is 17.3. The average Bonchev–Trinajstić information content (AvgIpc) is 3.05. The van der Waals surface area contributed by atoms with E-state index in [2.05, 4.69) is 21.1 Å². The Balaban J connectivity index is 0.000000806. The van der Waals surface area contributed by atoms with E-state index < -0.39 is 0 Å². The van der Waals surface area contributed by atoms with Crippen molar-refractivity contribution in [1.29, 1.82) is 0 Å². The summed E-state index contributed by atoms with van der Waals surface area (Å²) in [5.41, 5.74) is 2.18. The summed E-state index contributed by atoms with van der Waals surface area (Å²) in [4.78, 5) is 29.0. The first-order chi connectivity index (χ1) is 14.5. The molecule has 30 heavy (non-hydrogen) atoms. The number of nitrogens with zero attached hydrogens (tertiary/aromatic N) is 4. The Morgan fingerprint density at radius 1 is 1.27 bits per heavy atom. The maximum atomic E-state index is 12.4. The number of aryl methyl sites for hydroxylation is 1. The van der Waals surface area contributed by atoms with Crippen LogP contribution < -0.4 is 4.74 Å². The van der Waals surface area contributed by atoms with Crippen LogP contribution >= 0.6 is 11.6 Å². The summed E-state index contributed by atoms with van der Waals surface area (Å²) in [6.07, 6.45) is 2.61. The number of carboxylic acid groups (broad SMARTS) is 1. The monoisotopic (exact) mass is 434 g/mol. The fraction of sp³-hybridized carbons (Fsp3) is 0.400. The van der Waals surface area contributed by atoms with Gasteiger partial charge in [-0.1, -0.05) is 16.8 Å². The number of hydrogen-bond acceptors (Lipinski definition) is 7. The van der Waals surface area contributed by atoms with Crippen LogP contribution in [0.25, 0.3) is 6.08 Å². The maximum Gasteiger partial charge on any atom is 0.290 e. The van der Waals surface area contributed by atoms with Crippen molar-refractivity contribution in [2.45, 2.75) is 19.9 Å². The second kappa shape index (κ2) is 10.2. The van der Waals surface area contributed by atoms with Crippen molar-refractivity contribution in [2.24, 2.45) is 0 Å². The van der Waals surface area contributed by atoms with Crippen LogP contribution in [0.2, 0.25) is 5.02 Å². The van der Waals surface area contributed by atoms with Gasteiger partial charge in [-0.2, -0.15) is 4.98 Å². The number of benzene rings is 1. The predicted octanol–water partition coefficient (Wildman–Crippen LogP) is 2.24. The number of fused-ring (bicyclic) bond motifs is 1. The van der Waals surface area contributed by atoms with Crippen LogP contribution in [0.4, 0.5) is 0 Å². The molecule has 10 heteroatoms. The van der Waals surface area contributed by atoms with Gasteiger partial charge in [-0.25, -0.2) is 0 Å². The van der Waals surface area contributed by atoms with E-state index in [1.54, 1.807) is 11.8 Å². The number of carbonyl (C=O) groups is 2. The lowest BCUT2D eigenvalue weighted by Crippen LogP contribution is -2.34. The summed E-state index contributed by atoms with van der Waals surface area (Å²) in [6.45, 7) is 5.36. The Morgan fingerprint density at radius 3 is 2.80 bits per heavy atom. The fourth-order valence-corrected chi connectivity index (χ4v) is 3.56. The van der Waals surface area contributed by atoms with Crippen molar-refractivity contribution in [3.05, 3.63) is 46.1 Å². The minimum Gasteiger partial charge on any atom is -0.489 e. The van der Waals surface area contributed by atoms with Crippen molar-refractivity contribution in [3.63, 3.8) is 0 Å². The third-order valence-electron chi connectivity index (χ3n) is 4.75. The van der Waals surface area contributed by atoms with Gasteiger partial charge in [0.15, 0.2) is 5.82 Å². The summed E-state index contributed by atoms with van der Waals surface area (Å²) >= 11 is 6.08. The highest BCUT2D eigenvalue weighted by Crippen LogP contribution is 2.29. The number of aromatic nitrogens is 2. The van der Waals surface area contributed by atoms with E-state index in [1.165, 1.54) is 5.57 Å². The van der Waals surface area contributed by atoms with Crippen molar-refractivity contribution in [2.75, 3.05) is 32.8 Å². The van der Waals surface area contributed by atoms with Gasteiger partial charge >= 0.3 is 0 Å². The van der Waals surface area contributed by atoms with Gasteiger partial charge in [0.25, 0.3) is 6.47 Å². The summed E-state index contributed by atoms with van der Waals surface area (Å²) in [6, 6.07) is 5.64. The van der Waals surface area contributed by atoms with Gasteiger partial charge in [-0.3, -0.25) is 14.5 Å². The molecule has 1 fully saturated rings. The molecule has 3 heterocycles. The Kier molecular flexibility index (Phi) is 7.42. The van der Waals surface area contributed by atoms with Crippen molar-refractivity contribution < 1.29 is 24.0 Å². The Hall–Kier alpha value is -2.91. The summed E-state index contributed by atoms with van der Waals surface area (Å²) < 4.78 is 11.0. The molecule has 0 atom stereocenters. The highest BCUT2D eigenvalue weighted by Gasteiger charge is 2.24. The van der Waals surface area contributed by atoms with E-state index in [9.17, 15) is 4.79 Å². The maximum absolute atomic E-state index is 12.4. The predicted molar refractivity (Wildman–Crippen MR) is 109 cm³/mol. The Labute approximate surface area is 178 Å². The molecular formula is C20H23ClN4O5. The van der Waals surface area contributed by atoms with Gasteiger partial charge in [0.05, 0.1) is 0 Å². The smallest absolute Gasteiger partial charge is 0.290 e. The normalized spacial score (nSPS) is 16.5. The second-order valence-electron chi connectivity index (χ2n) is 6.96. The third kappa shape index (κ3) is 5.80. The van der Waals surface area contributed by atoms with Crippen LogP contribution in [0.15, 0.2) is 28.3 Å². The molecule has 0 radical (unpaired) electrons. The number of hydrogen-bond donors (Lipinski definition) is 1. The number of ether oxygens (including phenoxy) is 1. The molecule has 0 saturated carbocycles. The van der Waals surface area contributed by atoms with E-state index in [0.717, 1.165) is 30.9 Å². The quantitative estimate of drug-likeness (QED) is 0.730. The molecular weight excluding hydrogens is 412 g/mol. The number of carbonyl (C=O) groups excluding carboxylic acids is 1. The molecule has 1 aromatic carbocycles. The van der Waals surface area contributed by atoms with Gasteiger partial charge < -0.3 is 19.3 Å². The second-order valence-corrected chi connectivity index (χ2v) is 7.39. The third-order valence-corrected chi connectivity index (χ3v) is 4.98. The lowest BCUT2D eigenvalue weighted by Gasteiger charge is -2.25. The van der Waals surface area contributed by atoms with Crippen LogP contribution in [0, 0.1) is 6.92 Å². The van der Waals surface area contributed by atoms with Crippen LogP contribution in [-0.4, -0.2) is 70.2 Å². The van der Waals surface area contributed by atoms with Gasteiger partial charge in [-0.15, -0.1) is 0 Å². The Morgan fingerprint density at radius 2 is 2.07 bits per heavy atom. The van der Waals surface area contributed by atoms with Crippen molar-refractivity contribution >= 4 is 30.1 Å². The lowest BCUT2D eigenvalue weighted by atomic mass is 10.1. The highest BCUT2D eigenvalue weighted by atomic mass is 35.5.